The SMILES string of the molecule is CN(CCOc1ccc(CC2CC(=O)NC2=O)cc1)C(=O)CCCCc1cccnn1. The summed E-state index contributed by atoms with van der Waals surface area (Å²) < 4.78 is 5.73. The molecule has 0 aliphatic carbocycles. The highest BCUT2D eigenvalue weighted by Crippen LogP contribution is 2.19. The van der Waals surface area contributed by atoms with Gasteiger partial charge in [0.15, 0.2) is 0 Å². The first-order valence-electron chi connectivity index (χ1n) is 10.6. The van der Waals surface area contributed by atoms with Gasteiger partial charge in [0.1, 0.15) is 12.4 Å². The lowest BCUT2D eigenvalue weighted by Gasteiger charge is -2.17. The summed E-state index contributed by atoms with van der Waals surface area (Å²) in [5.41, 5.74) is 1.93. The molecular formula is C23H28N4O4. The fourth-order valence-corrected chi connectivity index (χ4v) is 3.44. The van der Waals surface area contributed by atoms with Crippen molar-refractivity contribution in [2.45, 2.75) is 38.5 Å². The van der Waals surface area contributed by atoms with Gasteiger partial charge in [0.25, 0.3) is 0 Å². The van der Waals surface area contributed by atoms with Crippen LogP contribution in [0.4, 0.5) is 0 Å². The van der Waals surface area contributed by atoms with Crippen molar-refractivity contribution in [3.63, 3.8) is 0 Å². The topological polar surface area (TPSA) is 101 Å². The standard InChI is InChI=1S/C23H28N4O4/c1-27(22(29)7-3-2-5-19-6-4-12-24-26-19)13-14-31-20-10-8-17(9-11-20)15-18-16-21(28)25-23(18)30/h4,6,8-12,18H,2-3,5,7,13-16H2,1H3,(H,25,28,30). The van der Waals surface area contributed by atoms with Gasteiger partial charge in [-0.25, -0.2) is 0 Å². The molecule has 1 aliphatic rings. The number of unbranched alkanes of at least 4 members (excludes halogenated alkanes) is 1. The maximum absolute atomic E-state index is 12.2. The van der Waals surface area contributed by atoms with E-state index in [1.807, 2.05) is 36.4 Å². The molecule has 8 nitrogen and oxygen atoms in total. The summed E-state index contributed by atoms with van der Waals surface area (Å²) in [6.45, 7) is 0.913. The highest BCUT2D eigenvalue weighted by molar-refractivity contribution is 6.03. The van der Waals surface area contributed by atoms with Gasteiger partial charge >= 0.3 is 0 Å². The van der Waals surface area contributed by atoms with E-state index in [2.05, 4.69) is 15.5 Å². The number of hydrogen-bond donors (Lipinski definition) is 1. The molecule has 1 aliphatic heterocycles. The van der Waals surface area contributed by atoms with Gasteiger partial charge in [-0.05, 0) is 55.5 Å². The molecule has 1 unspecified atom stereocenters. The van der Waals surface area contributed by atoms with Crippen molar-refractivity contribution >= 4 is 17.7 Å². The summed E-state index contributed by atoms with van der Waals surface area (Å²) in [6.07, 6.45) is 5.47. The molecule has 1 atom stereocenters. The predicted molar refractivity (Wildman–Crippen MR) is 114 cm³/mol. The molecule has 0 radical (unpaired) electrons. The van der Waals surface area contributed by atoms with Crippen molar-refractivity contribution in [3.8, 4) is 5.75 Å². The minimum atomic E-state index is -0.292. The number of benzene rings is 1. The van der Waals surface area contributed by atoms with E-state index in [0.29, 0.717) is 31.7 Å². The second-order valence-corrected chi connectivity index (χ2v) is 7.75. The number of carbonyl (C=O) groups excluding carboxylic acids is 3. The molecule has 0 saturated carbocycles. The zero-order valence-electron chi connectivity index (χ0n) is 17.8. The van der Waals surface area contributed by atoms with Crippen molar-refractivity contribution in [2.24, 2.45) is 5.92 Å². The third-order valence-electron chi connectivity index (χ3n) is 5.29. The second kappa shape index (κ2) is 11.2. The summed E-state index contributed by atoms with van der Waals surface area (Å²) >= 11 is 0. The molecule has 2 aromatic rings. The highest BCUT2D eigenvalue weighted by Gasteiger charge is 2.30. The third-order valence-corrected chi connectivity index (χ3v) is 5.29. The van der Waals surface area contributed by atoms with Gasteiger partial charge in [-0.3, -0.25) is 19.7 Å². The number of imide groups is 1. The third kappa shape index (κ3) is 7.16. The molecule has 1 N–H and O–H groups in total. The molecule has 0 bridgehead atoms. The van der Waals surface area contributed by atoms with Gasteiger partial charge in [0.05, 0.1) is 18.2 Å². The maximum Gasteiger partial charge on any atom is 0.230 e. The number of carbonyl (C=O) groups is 3. The van der Waals surface area contributed by atoms with Gasteiger partial charge < -0.3 is 9.64 Å². The van der Waals surface area contributed by atoms with Gasteiger partial charge in [-0.1, -0.05) is 12.1 Å². The van der Waals surface area contributed by atoms with E-state index < -0.39 is 0 Å². The van der Waals surface area contributed by atoms with Crippen LogP contribution in [0.15, 0.2) is 42.6 Å². The van der Waals surface area contributed by atoms with Crippen molar-refractivity contribution in [1.29, 1.82) is 0 Å². The second-order valence-electron chi connectivity index (χ2n) is 7.75. The Balaban J connectivity index is 1.31. The van der Waals surface area contributed by atoms with Crippen molar-refractivity contribution < 1.29 is 19.1 Å². The van der Waals surface area contributed by atoms with Crippen molar-refractivity contribution in [1.82, 2.24) is 20.4 Å². The maximum atomic E-state index is 12.2. The Hall–Kier alpha value is -3.29. The number of rotatable bonds is 11. The van der Waals surface area contributed by atoms with Crippen LogP contribution in [0.1, 0.15) is 36.9 Å². The fourth-order valence-electron chi connectivity index (χ4n) is 3.44. The molecule has 1 aromatic carbocycles. The Morgan fingerprint density at radius 2 is 2.00 bits per heavy atom. The minimum absolute atomic E-state index is 0.0995. The number of amides is 3. The molecule has 3 rings (SSSR count). The van der Waals surface area contributed by atoms with E-state index in [9.17, 15) is 14.4 Å². The van der Waals surface area contributed by atoms with E-state index in [4.69, 9.17) is 4.74 Å². The van der Waals surface area contributed by atoms with Gasteiger partial charge in [-0.15, -0.1) is 0 Å². The molecule has 8 heteroatoms. The van der Waals surface area contributed by atoms with Crippen LogP contribution in [0, 0.1) is 5.92 Å². The van der Waals surface area contributed by atoms with Gasteiger partial charge in [0.2, 0.25) is 17.7 Å². The van der Waals surface area contributed by atoms with E-state index in [-0.39, 0.29) is 30.1 Å². The minimum Gasteiger partial charge on any atom is -0.492 e. The first-order valence-corrected chi connectivity index (χ1v) is 10.6. The summed E-state index contributed by atoms with van der Waals surface area (Å²) in [5.74, 6) is 0.105. The fraction of sp³-hybridized carbons (Fsp3) is 0.435. The Bertz CT molecular complexity index is 886. The quantitative estimate of drug-likeness (QED) is 0.437. The molecule has 2 heterocycles. The van der Waals surface area contributed by atoms with Crippen LogP contribution in [0.25, 0.3) is 0 Å². The summed E-state index contributed by atoms with van der Waals surface area (Å²) in [4.78, 5) is 36.9. The van der Waals surface area contributed by atoms with Crippen LogP contribution in [-0.4, -0.2) is 53.0 Å². The van der Waals surface area contributed by atoms with E-state index in [0.717, 1.165) is 30.5 Å². The van der Waals surface area contributed by atoms with Crippen LogP contribution in [0.5, 0.6) is 5.75 Å². The number of aryl methyl sites for hydroxylation is 1. The highest BCUT2D eigenvalue weighted by atomic mass is 16.5. The average molecular weight is 425 g/mol. The van der Waals surface area contributed by atoms with E-state index >= 15 is 0 Å². The van der Waals surface area contributed by atoms with Crippen LogP contribution in [-0.2, 0) is 27.2 Å². The normalized spacial score (nSPS) is 15.6. The first-order chi connectivity index (χ1) is 15.0. The number of hydrogen-bond acceptors (Lipinski definition) is 6. The van der Waals surface area contributed by atoms with Crippen LogP contribution in [0.2, 0.25) is 0 Å². The largest absolute Gasteiger partial charge is 0.492 e. The first kappa shape index (κ1) is 22.4. The average Bonchev–Trinajstić information content (AvgIpc) is 3.09. The lowest BCUT2D eigenvalue weighted by molar-refractivity contribution is -0.130. The summed E-state index contributed by atoms with van der Waals surface area (Å²) in [5, 5.41) is 10.2. The van der Waals surface area contributed by atoms with Crippen molar-refractivity contribution in [3.05, 3.63) is 53.9 Å². The zero-order valence-corrected chi connectivity index (χ0v) is 17.8. The lowest BCUT2D eigenvalue weighted by Crippen LogP contribution is -2.30. The van der Waals surface area contributed by atoms with Gasteiger partial charge in [0, 0.05) is 26.1 Å². The molecular weight excluding hydrogens is 396 g/mol. The Morgan fingerprint density at radius 3 is 2.68 bits per heavy atom. The Kier molecular flexibility index (Phi) is 8.09. The summed E-state index contributed by atoms with van der Waals surface area (Å²) in [6, 6.07) is 11.3. The van der Waals surface area contributed by atoms with Crippen LogP contribution >= 0.6 is 0 Å². The molecule has 1 fully saturated rings. The zero-order chi connectivity index (χ0) is 22.1. The molecule has 0 spiro atoms. The lowest BCUT2D eigenvalue weighted by atomic mass is 9.98. The van der Waals surface area contributed by atoms with Crippen LogP contribution < -0.4 is 10.1 Å². The number of nitrogens with zero attached hydrogens (tertiary/aromatic N) is 3. The number of nitrogens with one attached hydrogen (secondary N) is 1. The smallest absolute Gasteiger partial charge is 0.230 e. The molecule has 1 aromatic heterocycles. The van der Waals surface area contributed by atoms with Crippen molar-refractivity contribution in [2.75, 3.05) is 20.2 Å². The monoisotopic (exact) mass is 424 g/mol. The molecule has 1 saturated heterocycles. The Labute approximate surface area is 182 Å². The number of likely N-dealkylation sites (N-methyl/N-ethyl adjacent to an activating group) is 1. The van der Waals surface area contributed by atoms with Gasteiger partial charge in [-0.2, -0.15) is 10.2 Å². The van der Waals surface area contributed by atoms with E-state index in [1.165, 1.54) is 0 Å². The van der Waals surface area contributed by atoms with Crippen LogP contribution in [0.3, 0.4) is 0 Å². The van der Waals surface area contributed by atoms with E-state index in [1.54, 1.807) is 18.1 Å². The summed E-state index contributed by atoms with van der Waals surface area (Å²) in [7, 11) is 1.78. The molecule has 3 amide bonds. The number of ether oxygens (including phenoxy) is 1. The predicted octanol–water partition coefficient (Wildman–Crippen LogP) is 1.93. The number of aromatic nitrogens is 2. The molecule has 164 valence electrons. The molecule has 31 heavy (non-hydrogen) atoms. The Morgan fingerprint density at radius 1 is 1.19 bits per heavy atom.